The summed E-state index contributed by atoms with van der Waals surface area (Å²) in [6, 6.07) is 7.60. The lowest BCUT2D eigenvalue weighted by Crippen LogP contribution is -2.41. The molecule has 0 bridgehead atoms. The molecule has 0 heterocycles. The fourth-order valence-electron chi connectivity index (χ4n) is 2.68. The number of carbonyl (C=O) groups excluding carboxylic acids is 1. The first-order chi connectivity index (χ1) is 9.65. The van der Waals surface area contributed by atoms with Crippen LogP contribution in [0.1, 0.15) is 39.0 Å². The minimum atomic E-state index is 0.0765. The number of carbonyl (C=O) groups is 1. The van der Waals surface area contributed by atoms with Crippen LogP contribution in [-0.4, -0.2) is 18.6 Å². The fourth-order valence-corrected chi connectivity index (χ4v) is 2.68. The highest BCUT2D eigenvalue weighted by molar-refractivity contribution is 5.76. The van der Waals surface area contributed by atoms with Crippen molar-refractivity contribution in [3.05, 3.63) is 24.3 Å². The van der Waals surface area contributed by atoms with Gasteiger partial charge in [0.05, 0.1) is 13.0 Å². The third-order valence-corrected chi connectivity index (χ3v) is 3.91. The summed E-state index contributed by atoms with van der Waals surface area (Å²) in [5.74, 6) is 1.37. The van der Waals surface area contributed by atoms with E-state index in [4.69, 9.17) is 10.5 Å². The van der Waals surface area contributed by atoms with Crippen LogP contribution in [0.2, 0.25) is 0 Å². The Morgan fingerprint density at radius 1 is 1.40 bits per heavy atom. The van der Waals surface area contributed by atoms with Gasteiger partial charge in [0.2, 0.25) is 5.91 Å². The first-order valence-electron chi connectivity index (χ1n) is 7.43. The largest absolute Gasteiger partial charge is 0.493 e. The standard InChI is InChI=1S/C16H24N2O2/c1-12-5-2-3-8-15(12)18-16(19)9-10-20-14-7-4-6-13(17)11-14/h4,6-7,11-12,15H,2-3,5,8-10,17H2,1H3,(H,18,19). The molecule has 0 saturated heterocycles. The molecule has 4 heteroatoms. The van der Waals surface area contributed by atoms with Crippen LogP contribution in [-0.2, 0) is 4.79 Å². The van der Waals surface area contributed by atoms with Gasteiger partial charge in [-0.2, -0.15) is 0 Å². The van der Waals surface area contributed by atoms with Crippen LogP contribution >= 0.6 is 0 Å². The molecular formula is C16H24N2O2. The molecule has 0 aromatic heterocycles. The molecule has 0 aliphatic heterocycles. The van der Waals surface area contributed by atoms with Gasteiger partial charge in [-0.05, 0) is 30.9 Å². The molecule has 1 amide bonds. The highest BCUT2D eigenvalue weighted by Crippen LogP contribution is 2.23. The van der Waals surface area contributed by atoms with Crippen molar-refractivity contribution in [1.29, 1.82) is 0 Å². The Bertz CT molecular complexity index is 448. The molecule has 2 unspecified atom stereocenters. The molecule has 2 atom stereocenters. The van der Waals surface area contributed by atoms with Gasteiger partial charge in [0.25, 0.3) is 0 Å². The average Bonchev–Trinajstić information content (AvgIpc) is 2.41. The van der Waals surface area contributed by atoms with Crippen LogP contribution in [0.3, 0.4) is 0 Å². The minimum Gasteiger partial charge on any atom is -0.493 e. The van der Waals surface area contributed by atoms with E-state index < -0.39 is 0 Å². The molecule has 4 nitrogen and oxygen atoms in total. The van der Waals surface area contributed by atoms with Gasteiger partial charge in [-0.3, -0.25) is 4.79 Å². The van der Waals surface area contributed by atoms with Gasteiger partial charge in [0.1, 0.15) is 5.75 Å². The van der Waals surface area contributed by atoms with Gasteiger partial charge >= 0.3 is 0 Å². The predicted molar refractivity (Wildman–Crippen MR) is 80.5 cm³/mol. The second-order valence-corrected chi connectivity index (χ2v) is 5.61. The molecule has 1 saturated carbocycles. The quantitative estimate of drug-likeness (QED) is 0.813. The number of hydrogen-bond donors (Lipinski definition) is 2. The monoisotopic (exact) mass is 276 g/mol. The average molecular weight is 276 g/mol. The third-order valence-electron chi connectivity index (χ3n) is 3.91. The number of amides is 1. The van der Waals surface area contributed by atoms with Crippen molar-refractivity contribution in [3.63, 3.8) is 0 Å². The fraction of sp³-hybridized carbons (Fsp3) is 0.562. The van der Waals surface area contributed by atoms with Crippen LogP contribution < -0.4 is 15.8 Å². The molecule has 3 N–H and O–H groups in total. The molecule has 2 rings (SSSR count). The number of ether oxygens (including phenoxy) is 1. The summed E-state index contributed by atoms with van der Waals surface area (Å²) in [6.45, 7) is 2.60. The molecule has 1 aliphatic carbocycles. The van der Waals surface area contributed by atoms with E-state index in [1.54, 1.807) is 6.07 Å². The number of nitrogens with two attached hydrogens (primary N) is 1. The van der Waals surface area contributed by atoms with Crippen molar-refractivity contribution in [2.45, 2.75) is 45.1 Å². The van der Waals surface area contributed by atoms with E-state index >= 15 is 0 Å². The summed E-state index contributed by atoms with van der Waals surface area (Å²) in [5.41, 5.74) is 6.34. The van der Waals surface area contributed by atoms with Crippen LogP contribution in [0.25, 0.3) is 0 Å². The van der Waals surface area contributed by atoms with E-state index in [1.165, 1.54) is 19.3 Å². The van der Waals surface area contributed by atoms with E-state index in [-0.39, 0.29) is 5.91 Å². The number of rotatable bonds is 5. The van der Waals surface area contributed by atoms with Gasteiger partial charge < -0.3 is 15.8 Å². The molecular weight excluding hydrogens is 252 g/mol. The normalized spacial score (nSPS) is 22.2. The summed E-state index contributed by atoms with van der Waals surface area (Å²) in [5, 5.41) is 3.12. The maximum atomic E-state index is 11.9. The van der Waals surface area contributed by atoms with E-state index in [9.17, 15) is 4.79 Å². The first-order valence-corrected chi connectivity index (χ1v) is 7.43. The van der Waals surface area contributed by atoms with Gasteiger partial charge in [-0.25, -0.2) is 0 Å². The van der Waals surface area contributed by atoms with Crippen molar-refractivity contribution in [2.24, 2.45) is 5.92 Å². The molecule has 1 fully saturated rings. The number of nitrogen functional groups attached to an aromatic ring is 1. The Balaban J connectivity index is 1.70. The maximum absolute atomic E-state index is 11.9. The lowest BCUT2D eigenvalue weighted by Gasteiger charge is -2.29. The zero-order valence-corrected chi connectivity index (χ0v) is 12.1. The molecule has 1 aliphatic rings. The van der Waals surface area contributed by atoms with Crippen molar-refractivity contribution in [2.75, 3.05) is 12.3 Å². The van der Waals surface area contributed by atoms with E-state index in [0.29, 0.717) is 36.4 Å². The van der Waals surface area contributed by atoms with Gasteiger partial charge in [-0.15, -0.1) is 0 Å². The lowest BCUT2D eigenvalue weighted by molar-refractivity contribution is -0.122. The van der Waals surface area contributed by atoms with Crippen LogP contribution in [0.5, 0.6) is 5.75 Å². The summed E-state index contributed by atoms with van der Waals surface area (Å²) >= 11 is 0. The van der Waals surface area contributed by atoms with E-state index in [2.05, 4.69) is 12.2 Å². The number of anilines is 1. The molecule has 0 spiro atoms. The van der Waals surface area contributed by atoms with Crippen molar-refractivity contribution >= 4 is 11.6 Å². The Morgan fingerprint density at radius 2 is 2.20 bits per heavy atom. The number of hydrogen-bond acceptors (Lipinski definition) is 3. The predicted octanol–water partition coefficient (Wildman–Crippen LogP) is 2.73. The van der Waals surface area contributed by atoms with Gasteiger partial charge in [-0.1, -0.05) is 25.8 Å². The van der Waals surface area contributed by atoms with Crippen molar-refractivity contribution in [3.8, 4) is 5.75 Å². The van der Waals surface area contributed by atoms with Crippen molar-refractivity contribution < 1.29 is 9.53 Å². The number of benzene rings is 1. The Kier molecular flexibility index (Phi) is 5.27. The second kappa shape index (κ2) is 7.17. The Labute approximate surface area is 120 Å². The highest BCUT2D eigenvalue weighted by Gasteiger charge is 2.22. The summed E-state index contributed by atoms with van der Waals surface area (Å²) in [6.07, 6.45) is 5.20. The summed E-state index contributed by atoms with van der Waals surface area (Å²) in [7, 11) is 0. The highest BCUT2D eigenvalue weighted by atomic mass is 16.5. The zero-order valence-electron chi connectivity index (χ0n) is 12.1. The summed E-state index contributed by atoms with van der Waals surface area (Å²) < 4.78 is 5.53. The molecule has 110 valence electrons. The molecule has 1 aromatic carbocycles. The molecule has 0 radical (unpaired) electrons. The first kappa shape index (κ1) is 14.7. The topological polar surface area (TPSA) is 64.3 Å². The Hall–Kier alpha value is -1.71. The third kappa shape index (κ3) is 4.44. The summed E-state index contributed by atoms with van der Waals surface area (Å²) in [4.78, 5) is 11.9. The van der Waals surface area contributed by atoms with Crippen molar-refractivity contribution in [1.82, 2.24) is 5.32 Å². The SMILES string of the molecule is CC1CCCCC1NC(=O)CCOc1cccc(N)c1. The van der Waals surface area contributed by atoms with Crippen LogP contribution in [0, 0.1) is 5.92 Å². The van der Waals surface area contributed by atoms with E-state index in [0.717, 1.165) is 6.42 Å². The molecule has 20 heavy (non-hydrogen) atoms. The lowest BCUT2D eigenvalue weighted by atomic mass is 9.86. The minimum absolute atomic E-state index is 0.0765. The van der Waals surface area contributed by atoms with Crippen LogP contribution in [0.4, 0.5) is 5.69 Å². The van der Waals surface area contributed by atoms with Gasteiger partial charge in [0, 0.05) is 17.8 Å². The maximum Gasteiger partial charge on any atom is 0.223 e. The number of nitrogens with one attached hydrogen (secondary N) is 1. The van der Waals surface area contributed by atoms with Gasteiger partial charge in [0.15, 0.2) is 0 Å². The van der Waals surface area contributed by atoms with Crippen LogP contribution in [0.15, 0.2) is 24.3 Å². The zero-order chi connectivity index (χ0) is 14.4. The molecule has 1 aromatic rings. The Morgan fingerprint density at radius 3 is 2.95 bits per heavy atom. The smallest absolute Gasteiger partial charge is 0.223 e. The van der Waals surface area contributed by atoms with E-state index in [1.807, 2.05) is 18.2 Å². The second-order valence-electron chi connectivity index (χ2n) is 5.61.